The second-order valence-electron chi connectivity index (χ2n) is 3.59. The zero-order valence-electron chi connectivity index (χ0n) is 8.25. The highest BCUT2D eigenvalue weighted by Crippen LogP contribution is 2.11. The molecule has 0 radical (unpaired) electrons. The summed E-state index contributed by atoms with van der Waals surface area (Å²) in [6.07, 6.45) is 1.58. The smallest absolute Gasteiger partial charge is 0.325 e. The molecule has 0 aromatic carbocycles. The quantitative estimate of drug-likeness (QED) is 0.578. The second kappa shape index (κ2) is 4.95. The number of carboxylic acids is 1. The molecule has 0 saturated carbocycles. The molecule has 0 bridgehead atoms. The van der Waals surface area contributed by atoms with Crippen LogP contribution in [-0.2, 0) is 9.59 Å². The molecule has 14 heavy (non-hydrogen) atoms. The molecule has 0 spiro atoms. The lowest BCUT2D eigenvalue weighted by atomic mass is 9.97. The van der Waals surface area contributed by atoms with E-state index in [9.17, 15) is 9.59 Å². The van der Waals surface area contributed by atoms with Gasteiger partial charge in [-0.15, -0.1) is 0 Å². The number of piperidine rings is 1. The summed E-state index contributed by atoms with van der Waals surface area (Å²) in [5, 5.41) is 14.2. The van der Waals surface area contributed by atoms with Crippen molar-refractivity contribution in [1.82, 2.24) is 10.6 Å². The number of amides is 1. The molecular formula is C9H16N2O3. The van der Waals surface area contributed by atoms with E-state index in [0.29, 0.717) is 0 Å². The van der Waals surface area contributed by atoms with Gasteiger partial charge in [0.05, 0.1) is 0 Å². The van der Waals surface area contributed by atoms with Gasteiger partial charge in [-0.05, 0) is 32.9 Å². The maximum Gasteiger partial charge on any atom is 0.325 e. The molecule has 1 heterocycles. The van der Waals surface area contributed by atoms with Crippen molar-refractivity contribution in [3.8, 4) is 0 Å². The lowest BCUT2D eigenvalue weighted by molar-refractivity contribution is -0.142. The number of nitrogens with one attached hydrogen (secondary N) is 2. The van der Waals surface area contributed by atoms with Crippen LogP contribution in [0.5, 0.6) is 0 Å². The van der Waals surface area contributed by atoms with E-state index in [-0.39, 0.29) is 11.8 Å². The Morgan fingerprint density at radius 3 is 2.50 bits per heavy atom. The highest BCUT2D eigenvalue weighted by molar-refractivity contribution is 5.84. The van der Waals surface area contributed by atoms with Gasteiger partial charge < -0.3 is 15.7 Å². The molecule has 1 saturated heterocycles. The average Bonchev–Trinajstić information content (AvgIpc) is 2.19. The fourth-order valence-corrected chi connectivity index (χ4v) is 1.48. The molecule has 1 rings (SSSR count). The minimum absolute atomic E-state index is 0.0296. The summed E-state index contributed by atoms with van der Waals surface area (Å²) in [5.74, 6) is -1.16. The first-order valence-electron chi connectivity index (χ1n) is 4.85. The van der Waals surface area contributed by atoms with E-state index in [1.807, 2.05) is 0 Å². The first kappa shape index (κ1) is 11.0. The molecule has 1 unspecified atom stereocenters. The van der Waals surface area contributed by atoms with E-state index in [4.69, 9.17) is 5.11 Å². The topological polar surface area (TPSA) is 78.4 Å². The third-order valence-electron chi connectivity index (χ3n) is 2.44. The molecule has 1 amide bonds. The highest BCUT2D eigenvalue weighted by atomic mass is 16.4. The molecular weight excluding hydrogens is 184 g/mol. The van der Waals surface area contributed by atoms with Gasteiger partial charge in [0.1, 0.15) is 6.04 Å². The number of carbonyl (C=O) groups excluding carboxylic acids is 1. The number of carbonyl (C=O) groups is 2. The van der Waals surface area contributed by atoms with Crippen LogP contribution in [0.25, 0.3) is 0 Å². The van der Waals surface area contributed by atoms with Crippen molar-refractivity contribution in [2.24, 2.45) is 5.92 Å². The van der Waals surface area contributed by atoms with Crippen molar-refractivity contribution in [2.45, 2.75) is 25.8 Å². The van der Waals surface area contributed by atoms with Crippen LogP contribution in [0.2, 0.25) is 0 Å². The van der Waals surface area contributed by atoms with Crippen LogP contribution < -0.4 is 10.6 Å². The van der Waals surface area contributed by atoms with Crippen molar-refractivity contribution in [3.05, 3.63) is 0 Å². The van der Waals surface area contributed by atoms with Crippen molar-refractivity contribution >= 4 is 11.9 Å². The number of carboxylic acid groups (broad SMARTS) is 1. The van der Waals surface area contributed by atoms with E-state index in [0.717, 1.165) is 25.9 Å². The Hall–Kier alpha value is -1.10. The molecule has 0 aromatic rings. The van der Waals surface area contributed by atoms with Crippen LogP contribution in [0.4, 0.5) is 0 Å². The van der Waals surface area contributed by atoms with Gasteiger partial charge in [-0.1, -0.05) is 0 Å². The molecule has 5 heteroatoms. The van der Waals surface area contributed by atoms with Crippen LogP contribution in [0.1, 0.15) is 19.8 Å². The monoisotopic (exact) mass is 200 g/mol. The summed E-state index contributed by atoms with van der Waals surface area (Å²) in [6, 6.07) is -0.794. The van der Waals surface area contributed by atoms with Crippen LogP contribution in [0.15, 0.2) is 0 Å². The van der Waals surface area contributed by atoms with Gasteiger partial charge >= 0.3 is 5.97 Å². The zero-order valence-corrected chi connectivity index (χ0v) is 8.25. The SMILES string of the molecule is CC(NC(=O)C1CCNCC1)C(=O)O. The summed E-state index contributed by atoms with van der Waals surface area (Å²) in [5.41, 5.74) is 0. The Balaban J connectivity index is 2.36. The Morgan fingerprint density at radius 2 is 2.00 bits per heavy atom. The van der Waals surface area contributed by atoms with Gasteiger partial charge in [0.25, 0.3) is 0 Å². The van der Waals surface area contributed by atoms with Gasteiger partial charge in [-0.2, -0.15) is 0 Å². The van der Waals surface area contributed by atoms with Crippen LogP contribution in [0.3, 0.4) is 0 Å². The maximum atomic E-state index is 11.5. The Kier molecular flexibility index (Phi) is 3.88. The van der Waals surface area contributed by atoms with Crippen molar-refractivity contribution in [3.63, 3.8) is 0 Å². The van der Waals surface area contributed by atoms with E-state index in [1.165, 1.54) is 6.92 Å². The van der Waals surface area contributed by atoms with Gasteiger partial charge in [-0.25, -0.2) is 0 Å². The van der Waals surface area contributed by atoms with Gasteiger partial charge in [0, 0.05) is 5.92 Å². The first-order valence-corrected chi connectivity index (χ1v) is 4.85. The van der Waals surface area contributed by atoms with Gasteiger partial charge in [-0.3, -0.25) is 9.59 Å². The molecule has 1 aliphatic rings. The molecule has 1 atom stereocenters. The number of hydrogen-bond acceptors (Lipinski definition) is 3. The molecule has 80 valence electrons. The zero-order chi connectivity index (χ0) is 10.6. The summed E-state index contributed by atoms with van der Waals surface area (Å²) in [4.78, 5) is 22.0. The first-order chi connectivity index (χ1) is 6.61. The highest BCUT2D eigenvalue weighted by Gasteiger charge is 2.23. The van der Waals surface area contributed by atoms with Crippen molar-refractivity contribution in [2.75, 3.05) is 13.1 Å². The largest absolute Gasteiger partial charge is 0.480 e. The van der Waals surface area contributed by atoms with Crippen molar-refractivity contribution in [1.29, 1.82) is 0 Å². The van der Waals surface area contributed by atoms with Crippen molar-refractivity contribution < 1.29 is 14.7 Å². The van der Waals surface area contributed by atoms with E-state index in [2.05, 4.69) is 10.6 Å². The molecule has 1 fully saturated rings. The Bertz CT molecular complexity index is 224. The van der Waals surface area contributed by atoms with Crippen LogP contribution in [-0.4, -0.2) is 36.1 Å². The van der Waals surface area contributed by atoms with Gasteiger partial charge in [0.2, 0.25) is 5.91 Å². The summed E-state index contributed by atoms with van der Waals surface area (Å²) < 4.78 is 0. The third-order valence-corrected chi connectivity index (χ3v) is 2.44. The average molecular weight is 200 g/mol. The fraction of sp³-hybridized carbons (Fsp3) is 0.778. The minimum atomic E-state index is -0.993. The van der Waals surface area contributed by atoms with Crippen LogP contribution in [0, 0.1) is 5.92 Å². The Labute approximate surface area is 82.9 Å². The number of aliphatic carboxylic acids is 1. The number of rotatable bonds is 3. The third kappa shape index (κ3) is 2.99. The minimum Gasteiger partial charge on any atom is -0.480 e. The van der Waals surface area contributed by atoms with Crippen LogP contribution >= 0.6 is 0 Å². The van der Waals surface area contributed by atoms with E-state index < -0.39 is 12.0 Å². The molecule has 3 N–H and O–H groups in total. The van der Waals surface area contributed by atoms with E-state index in [1.54, 1.807) is 0 Å². The van der Waals surface area contributed by atoms with Gasteiger partial charge in [0.15, 0.2) is 0 Å². The lowest BCUT2D eigenvalue weighted by Crippen LogP contribution is -2.44. The normalized spacial score (nSPS) is 20.1. The molecule has 5 nitrogen and oxygen atoms in total. The second-order valence-corrected chi connectivity index (χ2v) is 3.59. The fourth-order valence-electron chi connectivity index (χ4n) is 1.48. The summed E-state index contributed by atoms with van der Waals surface area (Å²) in [7, 11) is 0. The Morgan fingerprint density at radius 1 is 1.43 bits per heavy atom. The summed E-state index contributed by atoms with van der Waals surface area (Å²) >= 11 is 0. The predicted octanol–water partition coefficient (Wildman–Crippen LogP) is -0.425. The molecule has 0 aromatic heterocycles. The molecule has 0 aliphatic carbocycles. The molecule has 1 aliphatic heterocycles. The maximum absolute atomic E-state index is 11.5. The summed E-state index contributed by atoms with van der Waals surface area (Å²) in [6.45, 7) is 3.14. The van der Waals surface area contributed by atoms with E-state index >= 15 is 0 Å². The lowest BCUT2D eigenvalue weighted by Gasteiger charge is -2.22. The number of hydrogen-bond donors (Lipinski definition) is 3. The standard InChI is InChI=1S/C9H16N2O3/c1-6(9(13)14)11-8(12)7-2-4-10-5-3-7/h6-7,10H,2-5H2,1H3,(H,11,12)(H,13,14). The predicted molar refractivity (Wildman–Crippen MR) is 50.8 cm³/mol.